The molecule has 0 aromatic heterocycles. The maximum absolute atomic E-state index is 14.1. The maximum atomic E-state index is 14.1. The van der Waals surface area contributed by atoms with Crippen LogP contribution in [-0.4, -0.2) is 74.5 Å². The van der Waals surface area contributed by atoms with Gasteiger partial charge in [0.15, 0.2) is 0 Å². The third-order valence-electron chi connectivity index (χ3n) is 6.46. The first-order chi connectivity index (χ1) is 18.9. The number of ether oxygens (including phenoxy) is 2. The van der Waals surface area contributed by atoms with E-state index in [4.69, 9.17) is 32.7 Å². The summed E-state index contributed by atoms with van der Waals surface area (Å²) in [7, 11) is 1.64. The number of hydrogen-bond donors (Lipinski definition) is 2. The van der Waals surface area contributed by atoms with E-state index >= 15 is 0 Å². The Morgan fingerprint density at radius 2 is 1.75 bits per heavy atom. The Hall–Kier alpha value is -2.59. The van der Waals surface area contributed by atoms with E-state index in [1.54, 1.807) is 57.0 Å². The van der Waals surface area contributed by atoms with Crippen LogP contribution >= 0.6 is 23.2 Å². The lowest BCUT2D eigenvalue weighted by Crippen LogP contribution is -2.56. The van der Waals surface area contributed by atoms with Crippen molar-refractivity contribution in [1.29, 1.82) is 0 Å². The third kappa shape index (κ3) is 9.51. The van der Waals surface area contributed by atoms with Crippen LogP contribution in [0.1, 0.15) is 38.8 Å². The lowest BCUT2D eigenvalue weighted by Gasteiger charge is -2.38. The van der Waals surface area contributed by atoms with E-state index in [1.807, 2.05) is 6.92 Å². The molecule has 1 aliphatic rings. The number of methoxy groups -OCH3 is 1. The van der Waals surface area contributed by atoms with Crippen LogP contribution in [-0.2, 0) is 27.2 Å². The Balaban J connectivity index is 1.72. The Labute approximate surface area is 246 Å². The standard InChI is InChI=1S/C29H39Cl2FN4O4/c1-19(18-39-5)33-17-21-14-23(32)8-9-26(21)35-10-12-36(13-11-35)27(37)25(34-28(38)40-29(2,3)4)15-20-6-7-22(30)16-24(20)31/h6-9,14,16,19,25,33H,10-13,15,17-18H2,1-5H3,(H,34,38). The molecule has 2 unspecified atom stereocenters. The maximum Gasteiger partial charge on any atom is 0.408 e. The molecule has 1 fully saturated rings. The summed E-state index contributed by atoms with van der Waals surface area (Å²) in [6.07, 6.45) is -0.498. The molecule has 2 amide bonds. The van der Waals surface area contributed by atoms with Crippen LogP contribution in [0.25, 0.3) is 0 Å². The van der Waals surface area contributed by atoms with Gasteiger partial charge >= 0.3 is 6.09 Å². The van der Waals surface area contributed by atoms with Crippen LogP contribution < -0.4 is 15.5 Å². The van der Waals surface area contributed by atoms with Gasteiger partial charge in [0.2, 0.25) is 5.91 Å². The molecule has 1 aliphatic heterocycles. The van der Waals surface area contributed by atoms with Gasteiger partial charge in [-0.25, -0.2) is 9.18 Å². The molecular weight excluding hydrogens is 558 g/mol. The number of alkyl carbamates (subject to hydrolysis) is 1. The number of carbonyl (C=O) groups is 2. The molecule has 2 atom stereocenters. The number of amides is 2. The Bertz CT molecular complexity index is 1170. The van der Waals surface area contributed by atoms with Crippen LogP contribution in [0.15, 0.2) is 36.4 Å². The number of hydrogen-bond acceptors (Lipinski definition) is 6. The summed E-state index contributed by atoms with van der Waals surface area (Å²) in [4.78, 5) is 30.2. The summed E-state index contributed by atoms with van der Waals surface area (Å²) in [5, 5.41) is 7.00. The largest absolute Gasteiger partial charge is 0.444 e. The highest BCUT2D eigenvalue weighted by Crippen LogP contribution is 2.25. The average molecular weight is 598 g/mol. The van der Waals surface area contributed by atoms with Gasteiger partial charge in [0.1, 0.15) is 17.5 Å². The average Bonchev–Trinajstić information content (AvgIpc) is 2.87. The van der Waals surface area contributed by atoms with E-state index in [2.05, 4.69) is 15.5 Å². The molecule has 2 aromatic carbocycles. The molecule has 2 N–H and O–H groups in total. The number of anilines is 1. The fraction of sp³-hybridized carbons (Fsp3) is 0.517. The molecule has 0 saturated carbocycles. The van der Waals surface area contributed by atoms with Crippen LogP contribution in [0.3, 0.4) is 0 Å². The van der Waals surface area contributed by atoms with Gasteiger partial charge in [0, 0.05) is 68.0 Å². The Morgan fingerprint density at radius 1 is 1.05 bits per heavy atom. The molecule has 8 nitrogen and oxygen atoms in total. The second-order valence-corrected chi connectivity index (χ2v) is 11.8. The number of carbonyl (C=O) groups excluding carboxylic acids is 2. The van der Waals surface area contributed by atoms with Crippen molar-refractivity contribution < 1.29 is 23.5 Å². The summed E-state index contributed by atoms with van der Waals surface area (Å²) in [6.45, 7) is 10.3. The number of piperazine rings is 1. The molecule has 40 heavy (non-hydrogen) atoms. The zero-order valence-corrected chi connectivity index (χ0v) is 25.2. The van der Waals surface area contributed by atoms with Crippen molar-refractivity contribution in [2.24, 2.45) is 0 Å². The van der Waals surface area contributed by atoms with Gasteiger partial charge in [0.25, 0.3) is 0 Å². The molecule has 2 aromatic rings. The van der Waals surface area contributed by atoms with Gasteiger partial charge in [-0.3, -0.25) is 4.79 Å². The van der Waals surface area contributed by atoms with E-state index in [0.717, 1.165) is 11.3 Å². The lowest BCUT2D eigenvalue weighted by atomic mass is 10.0. The molecule has 0 spiro atoms. The molecule has 220 valence electrons. The van der Waals surface area contributed by atoms with Crippen molar-refractivity contribution in [3.63, 3.8) is 0 Å². The third-order valence-corrected chi connectivity index (χ3v) is 7.05. The number of rotatable bonds is 10. The van der Waals surface area contributed by atoms with Crippen LogP contribution in [0, 0.1) is 5.82 Å². The lowest BCUT2D eigenvalue weighted by molar-refractivity contribution is -0.133. The zero-order valence-electron chi connectivity index (χ0n) is 23.7. The fourth-order valence-electron chi connectivity index (χ4n) is 4.54. The van der Waals surface area contributed by atoms with E-state index in [9.17, 15) is 14.0 Å². The molecule has 0 bridgehead atoms. The molecule has 0 aliphatic carbocycles. The van der Waals surface area contributed by atoms with Gasteiger partial charge in [-0.1, -0.05) is 29.3 Å². The molecular formula is C29H39Cl2FN4O4. The molecule has 1 heterocycles. The van der Waals surface area contributed by atoms with Crippen molar-refractivity contribution in [3.8, 4) is 0 Å². The second-order valence-electron chi connectivity index (χ2n) is 11.0. The number of nitrogens with zero attached hydrogens (tertiary/aromatic N) is 2. The molecule has 11 heteroatoms. The van der Waals surface area contributed by atoms with Crippen molar-refractivity contribution in [1.82, 2.24) is 15.5 Å². The van der Waals surface area contributed by atoms with Gasteiger partial charge in [-0.2, -0.15) is 0 Å². The summed E-state index contributed by atoms with van der Waals surface area (Å²) in [6, 6.07) is 9.05. The molecule has 0 radical (unpaired) electrons. The zero-order chi connectivity index (χ0) is 29.4. The summed E-state index contributed by atoms with van der Waals surface area (Å²) >= 11 is 12.4. The number of benzene rings is 2. The first-order valence-corrected chi connectivity index (χ1v) is 14.1. The van der Waals surface area contributed by atoms with E-state index in [0.29, 0.717) is 54.9 Å². The minimum absolute atomic E-state index is 0.110. The predicted molar refractivity (Wildman–Crippen MR) is 157 cm³/mol. The van der Waals surface area contributed by atoms with Gasteiger partial charge in [-0.15, -0.1) is 0 Å². The number of halogens is 3. The number of nitrogens with one attached hydrogen (secondary N) is 2. The van der Waals surface area contributed by atoms with Crippen molar-refractivity contribution in [2.45, 2.75) is 58.3 Å². The summed E-state index contributed by atoms with van der Waals surface area (Å²) in [5.41, 5.74) is 1.72. The summed E-state index contributed by atoms with van der Waals surface area (Å²) in [5.74, 6) is -0.531. The SMILES string of the molecule is COCC(C)NCc1cc(F)ccc1N1CCN(C(=O)C(Cc2ccc(Cl)cc2Cl)NC(=O)OC(C)(C)C)CC1. The van der Waals surface area contributed by atoms with E-state index in [1.165, 1.54) is 12.1 Å². The molecule has 3 rings (SSSR count). The summed E-state index contributed by atoms with van der Waals surface area (Å²) < 4.78 is 24.7. The Morgan fingerprint density at radius 3 is 2.38 bits per heavy atom. The van der Waals surface area contributed by atoms with Crippen molar-refractivity contribution in [3.05, 3.63) is 63.4 Å². The quantitative estimate of drug-likeness (QED) is 0.400. The van der Waals surface area contributed by atoms with Crippen molar-refractivity contribution >= 4 is 40.9 Å². The minimum Gasteiger partial charge on any atom is -0.444 e. The normalized spacial score (nSPS) is 15.5. The van der Waals surface area contributed by atoms with Crippen molar-refractivity contribution in [2.75, 3.05) is 44.8 Å². The Kier molecular flexibility index (Phi) is 11.5. The van der Waals surface area contributed by atoms with Gasteiger partial charge < -0.3 is 29.9 Å². The first-order valence-electron chi connectivity index (χ1n) is 13.3. The first kappa shape index (κ1) is 31.9. The fourth-order valence-corrected chi connectivity index (χ4v) is 5.03. The highest BCUT2D eigenvalue weighted by Gasteiger charge is 2.31. The van der Waals surface area contributed by atoms with E-state index < -0.39 is 17.7 Å². The molecule has 1 saturated heterocycles. The van der Waals surface area contributed by atoms with Crippen LogP contribution in [0.4, 0.5) is 14.9 Å². The topological polar surface area (TPSA) is 83.1 Å². The smallest absolute Gasteiger partial charge is 0.408 e. The monoisotopic (exact) mass is 596 g/mol. The predicted octanol–water partition coefficient (Wildman–Crippen LogP) is 5.04. The second kappa shape index (κ2) is 14.3. The highest BCUT2D eigenvalue weighted by atomic mass is 35.5. The van der Waals surface area contributed by atoms with Gasteiger partial charge in [0.05, 0.1) is 6.61 Å². The minimum atomic E-state index is -0.882. The van der Waals surface area contributed by atoms with Gasteiger partial charge in [-0.05, 0) is 69.2 Å². The van der Waals surface area contributed by atoms with E-state index in [-0.39, 0.29) is 24.2 Å². The highest BCUT2D eigenvalue weighted by molar-refractivity contribution is 6.35. The van der Waals surface area contributed by atoms with Crippen LogP contribution in [0.2, 0.25) is 10.0 Å². The van der Waals surface area contributed by atoms with Crippen LogP contribution in [0.5, 0.6) is 0 Å².